The van der Waals surface area contributed by atoms with E-state index in [9.17, 15) is 0 Å². The van der Waals surface area contributed by atoms with Crippen LogP contribution in [0.5, 0.6) is 0 Å². The van der Waals surface area contributed by atoms with Crippen LogP contribution in [0.3, 0.4) is 0 Å². The van der Waals surface area contributed by atoms with Gasteiger partial charge in [-0.05, 0) is 13.3 Å². The molecule has 0 aromatic carbocycles. The first-order valence-corrected chi connectivity index (χ1v) is 5.03. The van der Waals surface area contributed by atoms with Crippen molar-refractivity contribution in [2.75, 3.05) is 13.1 Å². The lowest BCUT2D eigenvalue weighted by molar-refractivity contribution is 0.255. The number of likely N-dealkylation sites (tertiary alicyclic amines) is 1. The zero-order valence-corrected chi connectivity index (χ0v) is 8.43. The van der Waals surface area contributed by atoms with E-state index in [1.807, 2.05) is 6.20 Å². The Morgan fingerprint density at radius 3 is 3.00 bits per heavy atom. The molecule has 1 saturated heterocycles. The first-order valence-electron chi connectivity index (χ1n) is 5.03. The fraction of sp³-hybridized carbons (Fsp3) is 0.600. The van der Waals surface area contributed by atoms with Gasteiger partial charge in [0, 0.05) is 37.7 Å². The molecule has 0 radical (unpaired) electrons. The maximum Gasteiger partial charge on any atom is 0.0755 e. The maximum atomic E-state index is 5.86. The summed E-state index contributed by atoms with van der Waals surface area (Å²) in [6, 6.07) is 0.659. The predicted octanol–water partition coefficient (Wildman–Crippen LogP) is 0.571. The van der Waals surface area contributed by atoms with Gasteiger partial charge in [0.2, 0.25) is 0 Å². The van der Waals surface area contributed by atoms with E-state index in [-0.39, 0.29) is 0 Å². The summed E-state index contributed by atoms with van der Waals surface area (Å²) < 4.78 is 0. The second-order valence-corrected chi connectivity index (χ2v) is 3.85. The number of hydrogen-bond acceptors (Lipinski definition) is 4. The van der Waals surface area contributed by atoms with Crippen LogP contribution in [0.15, 0.2) is 18.6 Å². The first kappa shape index (κ1) is 9.55. The van der Waals surface area contributed by atoms with Crippen molar-refractivity contribution in [2.24, 2.45) is 5.73 Å². The van der Waals surface area contributed by atoms with E-state index in [0.717, 1.165) is 25.2 Å². The molecule has 0 saturated carbocycles. The van der Waals surface area contributed by atoms with Crippen molar-refractivity contribution >= 4 is 0 Å². The third-order valence-corrected chi connectivity index (χ3v) is 2.82. The molecule has 2 heterocycles. The van der Waals surface area contributed by atoms with Gasteiger partial charge in [0.1, 0.15) is 0 Å². The molecule has 2 rings (SSSR count). The van der Waals surface area contributed by atoms with Crippen molar-refractivity contribution in [1.29, 1.82) is 0 Å². The molecule has 1 aliphatic heterocycles. The molecule has 76 valence electrons. The van der Waals surface area contributed by atoms with Gasteiger partial charge in [0.05, 0.1) is 11.7 Å². The Hall–Kier alpha value is -1.00. The normalized spacial score (nSPS) is 25.1. The average Bonchev–Trinajstić information content (AvgIpc) is 2.65. The van der Waals surface area contributed by atoms with Crippen LogP contribution < -0.4 is 5.73 Å². The minimum atomic E-state index is 0.328. The molecular weight excluding hydrogens is 176 g/mol. The zero-order chi connectivity index (χ0) is 9.97. The summed E-state index contributed by atoms with van der Waals surface area (Å²) in [5.74, 6) is 0. The van der Waals surface area contributed by atoms with Crippen LogP contribution in [0.4, 0.5) is 0 Å². The van der Waals surface area contributed by atoms with Crippen molar-refractivity contribution in [3.05, 3.63) is 24.3 Å². The zero-order valence-electron chi connectivity index (χ0n) is 8.43. The van der Waals surface area contributed by atoms with Crippen LogP contribution in [0, 0.1) is 0 Å². The summed E-state index contributed by atoms with van der Waals surface area (Å²) in [6.45, 7) is 4.19. The predicted molar refractivity (Wildman–Crippen MR) is 54.6 cm³/mol. The molecule has 1 aromatic rings. The highest BCUT2D eigenvalue weighted by Gasteiger charge is 2.24. The maximum absolute atomic E-state index is 5.86. The summed E-state index contributed by atoms with van der Waals surface area (Å²) >= 11 is 0. The summed E-state index contributed by atoms with van der Waals surface area (Å²) in [7, 11) is 0. The Morgan fingerprint density at radius 2 is 2.43 bits per heavy atom. The standard InChI is InChI=1S/C10H16N4/c1-8(10-6-12-3-4-13-10)14-5-2-9(11)7-14/h3-4,6,8-9H,2,5,7,11H2,1H3/t8?,9-/m1/s1. The highest BCUT2D eigenvalue weighted by atomic mass is 15.2. The molecule has 4 nitrogen and oxygen atoms in total. The Balaban J connectivity index is 2.05. The molecule has 4 heteroatoms. The number of aromatic nitrogens is 2. The minimum absolute atomic E-state index is 0.328. The summed E-state index contributed by atoms with van der Waals surface area (Å²) in [6.07, 6.45) is 6.35. The summed E-state index contributed by atoms with van der Waals surface area (Å²) in [5.41, 5.74) is 6.89. The van der Waals surface area contributed by atoms with Crippen LogP contribution in [-0.4, -0.2) is 34.0 Å². The van der Waals surface area contributed by atoms with Gasteiger partial charge >= 0.3 is 0 Å². The number of nitrogens with zero attached hydrogens (tertiary/aromatic N) is 3. The minimum Gasteiger partial charge on any atom is -0.326 e. The fourth-order valence-electron chi connectivity index (χ4n) is 1.88. The SMILES string of the molecule is CC(c1cnccn1)N1CC[C@@H](N)C1. The van der Waals surface area contributed by atoms with Gasteiger partial charge < -0.3 is 5.73 Å². The van der Waals surface area contributed by atoms with E-state index >= 15 is 0 Å². The Morgan fingerprint density at radius 1 is 1.57 bits per heavy atom. The summed E-state index contributed by atoms with van der Waals surface area (Å²) in [5, 5.41) is 0. The molecule has 14 heavy (non-hydrogen) atoms. The van der Waals surface area contributed by atoms with Crippen molar-refractivity contribution in [3.63, 3.8) is 0 Å². The number of hydrogen-bond donors (Lipinski definition) is 1. The van der Waals surface area contributed by atoms with Crippen LogP contribution >= 0.6 is 0 Å². The highest BCUT2D eigenvalue weighted by Crippen LogP contribution is 2.21. The Bertz CT molecular complexity index is 287. The highest BCUT2D eigenvalue weighted by molar-refractivity contribution is 5.02. The quantitative estimate of drug-likeness (QED) is 0.744. The molecule has 1 fully saturated rings. The van der Waals surface area contributed by atoms with Gasteiger partial charge in [-0.15, -0.1) is 0 Å². The van der Waals surface area contributed by atoms with Crippen molar-refractivity contribution in [2.45, 2.75) is 25.4 Å². The topological polar surface area (TPSA) is 55.0 Å². The van der Waals surface area contributed by atoms with Gasteiger partial charge in [-0.25, -0.2) is 0 Å². The van der Waals surface area contributed by atoms with E-state index < -0.39 is 0 Å². The largest absolute Gasteiger partial charge is 0.326 e. The molecule has 2 atom stereocenters. The fourth-order valence-corrected chi connectivity index (χ4v) is 1.88. The summed E-state index contributed by atoms with van der Waals surface area (Å²) in [4.78, 5) is 10.7. The Labute approximate surface area is 84.2 Å². The third-order valence-electron chi connectivity index (χ3n) is 2.82. The first-order chi connectivity index (χ1) is 6.77. The molecule has 0 amide bonds. The van der Waals surface area contributed by atoms with Gasteiger partial charge in [0.25, 0.3) is 0 Å². The lowest BCUT2D eigenvalue weighted by atomic mass is 10.2. The van der Waals surface area contributed by atoms with E-state index in [1.54, 1.807) is 12.4 Å². The molecule has 0 spiro atoms. The monoisotopic (exact) mass is 192 g/mol. The number of rotatable bonds is 2. The van der Waals surface area contributed by atoms with Crippen molar-refractivity contribution < 1.29 is 0 Å². The van der Waals surface area contributed by atoms with E-state index in [1.165, 1.54) is 0 Å². The Kier molecular flexibility index (Phi) is 2.74. The lowest BCUT2D eigenvalue weighted by Gasteiger charge is -2.22. The smallest absolute Gasteiger partial charge is 0.0755 e. The van der Waals surface area contributed by atoms with Crippen LogP contribution in [0.1, 0.15) is 25.1 Å². The van der Waals surface area contributed by atoms with Crippen LogP contribution in [-0.2, 0) is 0 Å². The molecule has 2 N–H and O–H groups in total. The molecule has 1 aromatic heterocycles. The molecule has 0 aliphatic carbocycles. The van der Waals surface area contributed by atoms with Gasteiger partial charge in [-0.2, -0.15) is 0 Å². The van der Waals surface area contributed by atoms with Gasteiger partial charge in [-0.1, -0.05) is 0 Å². The average molecular weight is 192 g/mol. The molecule has 1 aliphatic rings. The molecule has 1 unspecified atom stereocenters. The number of nitrogens with two attached hydrogens (primary N) is 1. The molecule has 0 bridgehead atoms. The third kappa shape index (κ3) is 1.91. The lowest BCUT2D eigenvalue weighted by Crippen LogP contribution is -2.29. The van der Waals surface area contributed by atoms with Crippen molar-refractivity contribution in [1.82, 2.24) is 14.9 Å². The van der Waals surface area contributed by atoms with Crippen LogP contribution in [0.25, 0.3) is 0 Å². The van der Waals surface area contributed by atoms with E-state index in [0.29, 0.717) is 12.1 Å². The van der Waals surface area contributed by atoms with E-state index in [4.69, 9.17) is 5.73 Å². The second-order valence-electron chi connectivity index (χ2n) is 3.85. The molecular formula is C10H16N4. The van der Waals surface area contributed by atoms with E-state index in [2.05, 4.69) is 21.8 Å². The van der Waals surface area contributed by atoms with Crippen LogP contribution in [0.2, 0.25) is 0 Å². The second kappa shape index (κ2) is 4.02. The van der Waals surface area contributed by atoms with Crippen molar-refractivity contribution in [3.8, 4) is 0 Å². The van der Waals surface area contributed by atoms with Gasteiger partial charge in [-0.3, -0.25) is 14.9 Å². The van der Waals surface area contributed by atoms with Gasteiger partial charge in [0.15, 0.2) is 0 Å².